The van der Waals surface area contributed by atoms with Crippen LogP contribution in [0.25, 0.3) is 0 Å². The van der Waals surface area contributed by atoms with E-state index in [-0.39, 0.29) is 31.1 Å². The van der Waals surface area contributed by atoms with Crippen LogP contribution in [0.15, 0.2) is 60.8 Å². The quantitative estimate of drug-likeness (QED) is 0.0261. The smallest absolute Gasteiger partial charge is 0.306 e. The molecule has 0 spiro atoms. The lowest BCUT2D eigenvalue weighted by Gasteiger charge is -2.18. The van der Waals surface area contributed by atoms with E-state index >= 15 is 0 Å². The van der Waals surface area contributed by atoms with Crippen molar-refractivity contribution in [2.24, 2.45) is 0 Å². The predicted molar refractivity (Wildman–Crippen MR) is 358 cm³/mol. The van der Waals surface area contributed by atoms with E-state index in [9.17, 15) is 14.4 Å². The highest BCUT2D eigenvalue weighted by molar-refractivity contribution is 5.71. The molecular weight excluding hydrogens is 1010 g/mol. The maximum Gasteiger partial charge on any atom is 0.306 e. The number of allylic oxidation sites excluding steroid dienone is 10. The van der Waals surface area contributed by atoms with Crippen molar-refractivity contribution in [3.05, 3.63) is 60.8 Å². The van der Waals surface area contributed by atoms with Gasteiger partial charge in [-0.15, -0.1) is 0 Å². The number of unbranched alkanes of at least 4 members (excludes halogenated alkanes) is 46. The van der Waals surface area contributed by atoms with Crippen LogP contribution in [0.5, 0.6) is 0 Å². The maximum atomic E-state index is 13.0. The van der Waals surface area contributed by atoms with E-state index < -0.39 is 6.10 Å². The molecule has 0 saturated carbocycles. The first-order valence-electron chi connectivity index (χ1n) is 36.3. The van der Waals surface area contributed by atoms with Crippen LogP contribution in [0.1, 0.15) is 387 Å². The Hall–Kier alpha value is -2.89. The van der Waals surface area contributed by atoms with Gasteiger partial charge in [0.15, 0.2) is 6.10 Å². The molecule has 1 unspecified atom stereocenters. The van der Waals surface area contributed by atoms with Crippen LogP contribution in [0.2, 0.25) is 0 Å². The zero-order chi connectivity index (χ0) is 59.2. The number of ether oxygens (including phenoxy) is 3. The standard InChI is InChI=1S/C76H138O6/c1-4-7-10-13-16-19-22-25-28-31-34-36-37-38-39-40-43-45-48-51-54-57-60-63-66-69-75(78)81-72-73(71-80-74(77)68-65-62-59-56-53-50-47-44-41-33-30-27-24-21-18-15-12-9-6-3)82-76(79)70-67-64-61-58-55-52-49-46-42-35-32-29-26-23-20-17-14-11-8-5-2/h7,10,16,19,25,28,34,36,38-39,73H,4-6,8-9,11-15,17-18,20-24,26-27,29-33,35,37,40-72H2,1-3H3/b10-7-,19-16-,28-25-,36-34-,39-38-. The van der Waals surface area contributed by atoms with E-state index in [1.807, 2.05) is 0 Å². The molecule has 0 fully saturated rings. The lowest BCUT2D eigenvalue weighted by Crippen LogP contribution is -2.30. The SMILES string of the molecule is CC/C=C\C/C=C\C/C=C\C/C=C\C/C=C\CCCCCCCCCCCC(=O)OCC(COC(=O)CCCCCCCCCCCCCCCCCCCCC)OC(=O)CCCCCCCCCCCCCCCCCCCCCC. The Balaban J connectivity index is 4.33. The average molecular weight is 1150 g/mol. The second-order valence-electron chi connectivity index (χ2n) is 24.5. The maximum absolute atomic E-state index is 13.0. The molecule has 0 aliphatic rings. The Labute approximate surface area is 510 Å². The van der Waals surface area contributed by atoms with E-state index in [1.54, 1.807) is 0 Å². The average Bonchev–Trinajstić information content (AvgIpc) is 3.47. The Morgan fingerprint density at radius 2 is 0.476 bits per heavy atom. The van der Waals surface area contributed by atoms with Gasteiger partial charge in [-0.05, 0) is 64.2 Å². The molecule has 6 nitrogen and oxygen atoms in total. The highest BCUT2D eigenvalue weighted by atomic mass is 16.6. The summed E-state index contributed by atoms with van der Waals surface area (Å²) in [7, 11) is 0. The van der Waals surface area contributed by atoms with E-state index in [2.05, 4.69) is 81.5 Å². The van der Waals surface area contributed by atoms with E-state index in [0.717, 1.165) is 96.3 Å². The summed E-state index contributed by atoms with van der Waals surface area (Å²) in [5.41, 5.74) is 0. The van der Waals surface area contributed by atoms with Gasteiger partial charge in [-0.3, -0.25) is 14.4 Å². The number of rotatable bonds is 67. The van der Waals surface area contributed by atoms with E-state index in [0.29, 0.717) is 19.3 Å². The summed E-state index contributed by atoms with van der Waals surface area (Å²) in [6, 6.07) is 0. The largest absolute Gasteiger partial charge is 0.462 e. The third kappa shape index (κ3) is 67.9. The molecule has 0 aromatic heterocycles. The number of hydrogen-bond acceptors (Lipinski definition) is 6. The minimum Gasteiger partial charge on any atom is -0.462 e. The normalized spacial score (nSPS) is 12.4. The van der Waals surface area contributed by atoms with Gasteiger partial charge in [-0.1, -0.05) is 364 Å². The minimum atomic E-state index is -0.775. The van der Waals surface area contributed by atoms with Crippen LogP contribution in [0, 0.1) is 0 Å². The van der Waals surface area contributed by atoms with Crippen molar-refractivity contribution in [3.63, 3.8) is 0 Å². The lowest BCUT2D eigenvalue weighted by molar-refractivity contribution is -0.167. The molecule has 0 saturated heterocycles. The Morgan fingerprint density at radius 3 is 0.744 bits per heavy atom. The van der Waals surface area contributed by atoms with E-state index in [4.69, 9.17) is 14.2 Å². The lowest BCUT2D eigenvalue weighted by atomic mass is 10.0. The Morgan fingerprint density at radius 1 is 0.256 bits per heavy atom. The van der Waals surface area contributed by atoms with Crippen molar-refractivity contribution in [1.29, 1.82) is 0 Å². The Bertz CT molecular complexity index is 1460. The predicted octanol–water partition coefficient (Wildman–Crippen LogP) is 25.1. The molecule has 1 atom stereocenters. The topological polar surface area (TPSA) is 78.9 Å². The van der Waals surface area contributed by atoms with Gasteiger partial charge in [0.25, 0.3) is 0 Å². The van der Waals surface area contributed by atoms with Crippen molar-refractivity contribution >= 4 is 17.9 Å². The van der Waals surface area contributed by atoms with Gasteiger partial charge in [0.2, 0.25) is 0 Å². The fourth-order valence-corrected chi connectivity index (χ4v) is 10.9. The third-order valence-electron chi connectivity index (χ3n) is 16.3. The summed E-state index contributed by atoms with van der Waals surface area (Å²) in [4.78, 5) is 38.5. The molecular formula is C76H138O6. The zero-order valence-electron chi connectivity index (χ0n) is 55.0. The highest BCUT2D eigenvalue weighted by Crippen LogP contribution is 2.19. The van der Waals surface area contributed by atoms with Crippen molar-refractivity contribution in [2.45, 2.75) is 393 Å². The molecule has 0 aromatic rings. The molecule has 0 rings (SSSR count). The van der Waals surface area contributed by atoms with Crippen LogP contribution < -0.4 is 0 Å². The van der Waals surface area contributed by atoms with Gasteiger partial charge >= 0.3 is 17.9 Å². The minimum absolute atomic E-state index is 0.0698. The zero-order valence-corrected chi connectivity index (χ0v) is 55.0. The van der Waals surface area contributed by atoms with Crippen molar-refractivity contribution in [1.82, 2.24) is 0 Å². The van der Waals surface area contributed by atoms with Gasteiger partial charge in [0.1, 0.15) is 13.2 Å². The van der Waals surface area contributed by atoms with Gasteiger partial charge in [-0.2, -0.15) is 0 Å². The van der Waals surface area contributed by atoms with Crippen LogP contribution in [-0.2, 0) is 28.6 Å². The molecule has 0 N–H and O–H groups in total. The molecule has 0 aliphatic heterocycles. The fraction of sp³-hybridized carbons (Fsp3) is 0.829. The molecule has 0 heterocycles. The second kappa shape index (κ2) is 70.6. The molecule has 0 aliphatic carbocycles. The monoisotopic (exact) mass is 1150 g/mol. The van der Waals surface area contributed by atoms with Crippen LogP contribution in [-0.4, -0.2) is 37.2 Å². The third-order valence-corrected chi connectivity index (χ3v) is 16.3. The Kier molecular flexibility index (Phi) is 68.1. The van der Waals surface area contributed by atoms with Crippen molar-refractivity contribution < 1.29 is 28.6 Å². The van der Waals surface area contributed by atoms with Gasteiger partial charge < -0.3 is 14.2 Å². The van der Waals surface area contributed by atoms with Crippen molar-refractivity contribution in [3.8, 4) is 0 Å². The van der Waals surface area contributed by atoms with E-state index in [1.165, 1.54) is 250 Å². The molecule has 82 heavy (non-hydrogen) atoms. The molecule has 0 radical (unpaired) electrons. The first-order valence-corrected chi connectivity index (χ1v) is 36.3. The molecule has 0 aromatic carbocycles. The second-order valence-corrected chi connectivity index (χ2v) is 24.5. The molecule has 6 heteroatoms. The summed E-state index contributed by atoms with van der Waals surface area (Å²) in [5, 5.41) is 0. The number of esters is 3. The van der Waals surface area contributed by atoms with Crippen LogP contribution in [0.3, 0.4) is 0 Å². The van der Waals surface area contributed by atoms with Gasteiger partial charge in [-0.25, -0.2) is 0 Å². The summed E-state index contributed by atoms with van der Waals surface area (Å²) in [6.07, 6.45) is 91.0. The number of carbonyl (C=O) groups excluding carboxylic acids is 3. The molecule has 0 amide bonds. The summed E-state index contributed by atoms with van der Waals surface area (Å²) in [5.74, 6) is -0.846. The van der Waals surface area contributed by atoms with Gasteiger partial charge in [0, 0.05) is 19.3 Å². The first-order chi connectivity index (χ1) is 40.5. The van der Waals surface area contributed by atoms with Crippen LogP contribution in [0.4, 0.5) is 0 Å². The molecule has 0 bridgehead atoms. The molecule has 478 valence electrons. The number of carbonyl (C=O) groups is 3. The van der Waals surface area contributed by atoms with Gasteiger partial charge in [0.05, 0.1) is 0 Å². The van der Waals surface area contributed by atoms with Crippen LogP contribution >= 0.6 is 0 Å². The summed E-state index contributed by atoms with van der Waals surface area (Å²) >= 11 is 0. The number of hydrogen-bond donors (Lipinski definition) is 0. The first kappa shape index (κ1) is 79.1. The fourth-order valence-electron chi connectivity index (χ4n) is 10.9. The summed E-state index contributed by atoms with van der Waals surface area (Å²) in [6.45, 7) is 6.60. The van der Waals surface area contributed by atoms with Crippen molar-refractivity contribution in [2.75, 3.05) is 13.2 Å². The highest BCUT2D eigenvalue weighted by Gasteiger charge is 2.19. The summed E-state index contributed by atoms with van der Waals surface area (Å²) < 4.78 is 17.0.